The molecule has 5 nitrogen and oxygen atoms in total. The van der Waals surface area contributed by atoms with Crippen LogP contribution in [-0.2, 0) is 11.2 Å². The summed E-state index contributed by atoms with van der Waals surface area (Å²) in [5.41, 5.74) is 0.463. The average molecular weight is 209 g/mol. The maximum Gasteiger partial charge on any atom is 0.345 e. The van der Waals surface area contributed by atoms with Gasteiger partial charge in [-0.05, 0) is 12.0 Å². The van der Waals surface area contributed by atoms with Crippen LogP contribution in [0.1, 0.15) is 22.8 Å². The number of hydrogen-bond acceptors (Lipinski definition) is 4. The lowest BCUT2D eigenvalue weighted by molar-refractivity contribution is -0.385. The van der Waals surface area contributed by atoms with Gasteiger partial charge in [0.15, 0.2) is 0 Å². The van der Waals surface area contributed by atoms with Crippen molar-refractivity contribution in [3.63, 3.8) is 0 Å². The van der Waals surface area contributed by atoms with Crippen LogP contribution >= 0.6 is 0 Å². The van der Waals surface area contributed by atoms with Crippen molar-refractivity contribution in [3.8, 4) is 0 Å². The molecule has 0 aromatic heterocycles. The second-order valence-electron chi connectivity index (χ2n) is 2.91. The number of nitro groups is 1. The van der Waals surface area contributed by atoms with Crippen molar-refractivity contribution in [2.24, 2.45) is 0 Å². The minimum Gasteiger partial charge on any atom is -0.465 e. The first-order valence-electron chi connectivity index (χ1n) is 4.46. The maximum absolute atomic E-state index is 11.4. The van der Waals surface area contributed by atoms with Crippen LogP contribution in [0.25, 0.3) is 0 Å². The summed E-state index contributed by atoms with van der Waals surface area (Å²) in [6, 6.07) is 4.54. The van der Waals surface area contributed by atoms with Crippen LogP contribution in [0.3, 0.4) is 0 Å². The van der Waals surface area contributed by atoms with Crippen molar-refractivity contribution >= 4 is 11.7 Å². The molecule has 0 saturated heterocycles. The zero-order valence-electron chi connectivity index (χ0n) is 8.52. The number of methoxy groups -OCH3 is 1. The molecule has 15 heavy (non-hydrogen) atoms. The molecular formula is C10H11NO4. The van der Waals surface area contributed by atoms with Gasteiger partial charge in [0.25, 0.3) is 5.69 Å². The summed E-state index contributed by atoms with van der Waals surface area (Å²) in [7, 11) is 1.21. The van der Waals surface area contributed by atoms with Gasteiger partial charge < -0.3 is 4.74 Å². The average Bonchev–Trinajstić information content (AvgIpc) is 2.26. The maximum atomic E-state index is 11.4. The fourth-order valence-corrected chi connectivity index (χ4v) is 1.37. The van der Waals surface area contributed by atoms with E-state index in [1.54, 1.807) is 12.1 Å². The second-order valence-corrected chi connectivity index (χ2v) is 2.91. The standard InChI is InChI=1S/C10H11NO4/c1-3-7-5-4-6-8(11(13)14)9(7)10(12)15-2/h4-6H,3H2,1-2H3. The van der Waals surface area contributed by atoms with Gasteiger partial charge in [0.1, 0.15) is 5.56 Å². The molecule has 0 N–H and O–H groups in total. The zero-order chi connectivity index (χ0) is 11.4. The Balaban J connectivity index is 3.40. The molecule has 0 amide bonds. The molecule has 0 spiro atoms. The lowest BCUT2D eigenvalue weighted by Gasteiger charge is -2.05. The normalized spacial score (nSPS) is 9.73. The van der Waals surface area contributed by atoms with Crippen molar-refractivity contribution in [2.75, 3.05) is 7.11 Å². The van der Waals surface area contributed by atoms with Gasteiger partial charge in [0.05, 0.1) is 12.0 Å². The minimum absolute atomic E-state index is 0.0486. The third-order valence-electron chi connectivity index (χ3n) is 2.10. The van der Waals surface area contributed by atoms with E-state index in [2.05, 4.69) is 4.74 Å². The third-order valence-corrected chi connectivity index (χ3v) is 2.10. The third kappa shape index (κ3) is 2.12. The van der Waals surface area contributed by atoms with Gasteiger partial charge in [0, 0.05) is 6.07 Å². The molecule has 0 aliphatic rings. The first kappa shape index (κ1) is 11.2. The van der Waals surface area contributed by atoms with Gasteiger partial charge in [-0.3, -0.25) is 10.1 Å². The van der Waals surface area contributed by atoms with Gasteiger partial charge >= 0.3 is 5.97 Å². The topological polar surface area (TPSA) is 69.4 Å². The van der Waals surface area contributed by atoms with Crippen LogP contribution in [-0.4, -0.2) is 18.0 Å². The number of nitro benzene ring substituents is 1. The SMILES string of the molecule is CCc1cccc([N+](=O)[O-])c1C(=O)OC. The van der Waals surface area contributed by atoms with E-state index in [4.69, 9.17) is 0 Å². The zero-order valence-corrected chi connectivity index (χ0v) is 8.52. The summed E-state index contributed by atoms with van der Waals surface area (Å²) in [6.45, 7) is 1.82. The van der Waals surface area contributed by atoms with E-state index in [1.165, 1.54) is 13.2 Å². The number of carbonyl (C=O) groups excluding carboxylic acids is 1. The highest BCUT2D eigenvalue weighted by atomic mass is 16.6. The molecule has 0 radical (unpaired) electrons. The number of aryl methyl sites for hydroxylation is 1. The number of rotatable bonds is 3. The van der Waals surface area contributed by atoms with Crippen molar-refractivity contribution < 1.29 is 14.5 Å². The molecule has 80 valence electrons. The summed E-state index contributed by atoms with van der Waals surface area (Å²) in [5, 5.41) is 10.7. The molecule has 0 fully saturated rings. The Bertz CT molecular complexity index is 400. The Labute approximate surface area is 86.8 Å². The Morgan fingerprint density at radius 3 is 2.67 bits per heavy atom. The van der Waals surface area contributed by atoms with Crippen LogP contribution in [0, 0.1) is 10.1 Å². The monoisotopic (exact) mass is 209 g/mol. The molecule has 0 bridgehead atoms. The summed E-state index contributed by atoms with van der Waals surface area (Å²) in [4.78, 5) is 21.5. The first-order chi connectivity index (χ1) is 7.11. The quantitative estimate of drug-likeness (QED) is 0.433. The van der Waals surface area contributed by atoms with Crippen molar-refractivity contribution in [3.05, 3.63) is 39.4 Å². The van der Waals surface area contributed by atoms with Gasteiger partial charge in [-0.2, -0.15) is 0 Å². The largest absolute Gasteiger partial charge is 0.465 e. The Morgan fingerprint density at radius 1 is 1.53 bits per heavy atom. The lowest BCUT2D eigenvalue weighted by Crippen LogP contribution is -2.09. The number of nitrogens with zero attached hydrogens (tertiary/aromatic N) is 1. The number of benzene rings is 1. The molecule has 5 heteroatoms. The summed E-state index contributed by atoms with van der Waals surface area (Å²) >= 11 is 0. The van der Waals surface area contributed by atoms with Crippen LogP contribution in [0.4, 0.5) is 5.69 Å². The molecule has 1 aromatic carbocycles. The van der Waals surface area contributed by atoms with Crippen LogP contribution in [0.15, 0.2) is 18.2 Å². The Hall–Kier alpha value is -1.91. The lowest BCUT2D eigenvalue weighted by atomic mass is 10.0. The number of carbonyl (C=O) groups is 1. The van der Waals surface area contributed by atoms with E-state index >= 15 is 0 Å². The van der Waals surface area contributed by atoms with E-state index in [-0.39, 0.29) is 11.3 Å². The van der Waals surface area contributed by atoms with E-state index in [1.807, 2.05) is 6.92 Å². The molecule has 0 atom stereocenters. The molecule has 0 aliphatic carbocycles. The van der Waals surface area contributed by atoms with Gasteiger partial charge in [0.2, 0.25) is 0 Å². The Morgan fingerprint density at radius 2 is 2.20 bits per heavy atom. The first-order valence-corrected chi connectivity index (χ1v) is 4.46. The molecule has 0 unspecified atom stereocenters. The van der Waals surface area contributed by atoms with Crippen LogP contribution in [0.2, 0.25) is 0 Å². The van der Waals surface area contributed by atoms with Gasteiger partial charge in [-0.1, -0.05) is 19.1 Å². The molecule has 0 saturated carbocycles. The molecule has 0 aliphatic heterocycles. The number of ether oxygens (including phenoxy) is 1. The van der Waals surface area contributed by atoms with E-state index in [0.717, 1.165) is 0 Å². The highest BCUT2D eigenvalue weighted by Gasteiger charge is 2.23. The summed E-state index contributed by atoms with van der Waals surface area (Å²) < 4.78 is 4.53. The predicted molar refractivity (Wildman–Crippen MR) is 53.8 cm³/mol. The number of esters is 1. The van der Waals surface area contributed by atoms with Crippen LogP contribution in [0.5, 0.6) is 0 Å². The predicted octanol–water partition coefficient (Wildman–Crippen LogP) is 1.94. The van der Waals surface area contributed by atoms with E-state index < -0.39 is 10.9 Å². The molecule has 1 rings (SSSR count). The highest BCUT2D eigenvalue weighted by Crippen LogP contribution is 2.23. The highest BCUT2D eigenvalue weighted by molar-refractivity contribution is 5.95. The summed E-state index contributed by atoms with van der Waals surface area (Å²) in [6.07, 6.45) is 0.548. The smallest absolute Gasteiger partial charge is 0.345 e. The van der Waals surface area contributed by atoms with E-state index in [0.29, 0.717) is 12.0 Å². The van der Waals surface area contributed by atoms with E-state index in [9.17, 15) is 14.9 Å². The van der Waals surface area contributed by atoms with Crippen molar-refractivity contribution in [1.82, 2.24) is 0 Å². The fraction of sp³-hybridized carbons (Fsp3) is 0.300. The molecule has 1 aromatic rings. The second kappa shape index (κ2) is 4.54. The number of hydrogen-bond donors (Lipinski definition) is 0. The molecule has 0 heterocycles. The van der Waals surface area contributed by atoms with Crippen LogP contribution < -0.4 is 0 Å². The van der Waals surface area contributed by atoms with Gasteiger partial charge in [-0.25, -0.2) is 4.79 Å². The fourth-order valence-electron chi connectivity index (χ4n) is 1.37. The Kier molecular flexibility index (Phi) is 3.38. The minimum atomic E-state index is -0.667. The van der Waals surface area contributed by atoms with Crippen molar-refractivity contribution in [1.29, 1.82) is 0 Å². The summed E-state index contributed by atoms with van der Waals surface area (Å²) in [5.74, 6) is -0.667. The van der Waals surface area contributed by atoms with Crippen molar-refractivity contribution in [2.45, 2.75) is 13.3 Å². The van der Waals surface area contributed by atoms with Gasteiger partial charge in [-0.15, -0.1) is 0 Å². The molecular weight excluding hydrogens is 198 g/mol.